The van der Waals surface area contributed by atoms with E-state index in [9.17, 15) is 13.6 Å². The number of aromatic carboxylic acids is 1. The van der Waals surface area contributed by atoms with Gasteiger partial charge in [-0.3, -0.25) is 0 Å². The lowest BCUT2D eigenvalue weighted by atomic mass is 10.0. The maximum atomic E-state index is 14.0. The smallest absolute Gasteiger partial charge is 0.335 e. The first-order valence-corrected chi connectivity index (χ1v) is 5.20. The van der Waals surface area contributed by atoms with Gasteiger partial charge in [-0.15, -0.1) is 0 Å². The fourth-order valence-corrected chi connectivity index (χ4v) is 1.57. The zero-order valence-corrected chi connectivity index (χ0v) is 9.48. The van der Waals surface area contributed by atoms with Crippen LogP contribution in [0.25, 0.3) is 0 Å². The second-order valence-electron chi connectivity index (χ2n) is 3.87. The molecule has 0 amide bonds. The van der Waals surface area contributed by atoms with Crippen LogP contribution >= 0.6 is 0 Å². The molecular weight excluding hydrogens is 242 g/mol. The number of benzene rings is 1. The Kier molecular flexibility index (Phi) is 2.90. The molecule has 1 aromatic heterocycles. The Morgan fingerprint density at radius 2 is 1.78 bits per heavy atom. The molecule has 5 heteroatoms. The summed E-state index contributed by atoms with van der Waals surface area (Å²) in [6.07, 6.45) is 0. The van der Waals surface area contributed by atoms with Crippen molar-refractivity contribution < 1.29 is 23.1 Å². The molecule has 0 aliphatic heterocycles. The first-order valence-electron chi connectivity index (χ1n) is 5.20. The zero-order chi connectivity index (χ0) is 13.3. The molecule has 1 heterocycles. The summed E-state index contributed by atoms with van der Waals surface area (Å²) >= 11 is 0. The summed E-state index contributed by atoms with van der Waals surface area (Å²) in [5, 5.41) is 8.69. The molecule has 0 atom stereocenters. The Morgan fingerprint density at radius 3 is 2.22 bits per heavy atom. The lowest BCUT2D eigenvalue weighted by Gasteiger charge is -2.14. The number of halogens is 2. The van der Waals surface area contributed by atoms with Gasteiger partial charge in [-0.2, -0.15) is 8.78 Å². The van der Waals surface area contributed by atoms with E-state index in [0.717, 1.165) is 24.3 Å². The number of rotatable bonds is 3. The topological polar surface area (TPSA) is 50.4 Å². The minimum atomic E-state index is -3.27. The fourth-order valence-electron chi connectivity index (χ4n) is 1.57. The van der Waals surface area contributed by atoms with Crippen LogP contribution in [0, 0.1) is 6.92 Å². The van der Waals surface area contributed by atoms with Crippen LogP contribution in [0.15, 0.2) is 40.8 Å². The predicted octanol–water partition coefficient (Wildman–Crippen LogP) is 3.43. The standard InChI is InChI=1S/C13H10F2O3/c1-8-2-7-11(18-8)13(14,15)10-5-3-9(4-6-10)12(16)17/h2-7H,1H3,(H,16,17). The van der Waals surface area contributed by atoms with Crippen LogP contribution in [0.5, 0.6) is 0 Å². The maximum Gasteiger partial charge on any atom is 0.335 e. The van der Waals surface area contributed by atoms with Gasteiger partial charge in [0, 0.05) is 5.56 Å². The van der Waals surface area contributed by atoms with Crippen molar-refractivity contribution in [2.75, 3.05) is 0 Å². The number of hydrogen-bond acceptors (Lipinski definition) is 2. The molecule has 0 spiro atoms. The van der Waals surface area contributed by atoms with Crippen LogP contribution in [-0.2, 0) is 5.92 Å². The van der Waals surface area contributed by atoms with Crippen LogP contribution in [0.3, 0.4) is 0 Å². The molecule has 0 radical (unpaired) electrons. The number of hydrogen-bond donors (Lipinski definition) is 1. The summed E-state index contributed by atoms with van der Waals surface area (Å²) in [7, 11) is 0. The predicted molar refractivity (Wildman–Crippen MR) is 59.8 cm³/mol. The normalized spacial score (nSPS) is 11.5. The molecular formula is C13H10F2O3. The summed E-state index contributed by atoms with van der Waals surface area (Å²) in [5.74, 6) is -4.49. The van der Waals surface area contributed by atoms with Gasteiger partial charge in [-0.1, -0.05) is 12.1 Å². The number of carboxylic acids is 1. The van der Waals surface area contributed by atoms with Gasteiger partial charge in [0.25, 0.3) is 0 Å². The lowest BCUT2D eigenvalue weighted by Crippen LogP contribution is -2.14. The molecule has 94 valence electrons. The van der Waals surface area contributed by atoms with Crippen molar-refractivity contribution in [3.05, 3.63) is 59.0 Å². The van der Waals surface area contributed by atoms with Crippen LogP contribution in [0.1, 0.15) is 27.4 Å². The molecule has 0 aliphatic carbocycles. The van der Waals surface area contributed by atoms with E-state index in [2.05, 4.69) is 0 Å². The maximum absolute atomic E-state index is 14.0. The van der Waals surface area contributed by atoms with Gasteiger partial charge in [0.2, 0.25) is 0 Å². The van der Waals surface area contributed by atoms with E-state index < -0.39 is 17.7 Å². The first kappa shape index (κ1) is 12.3. The van der Waals surface area contributed by atoms with Crippen LogP contribution in [-0.4, -0.2) is 11.1 Å². The largest absolute Gasteiger partial charge is 0.478 e. The number of carbonyl (C=O) groups is 1. The SMILES string of the molecule is Cc1ccc(C(F)(F)c2ccc(C(=O)O)cc2)o1. The fraction of sp³-hybridized carbons (Fsp3) is 0.154. The van der Waals surface area contributed by atoms with Crippen LogP contribution < -0.4 is 0 Å². The Labute approximate surface area is 102 Å². The van der Waals surface area contributed by atoms with Gasteiger partial charge in [-0.25, -0.2) is 4.79 Å². The molecule has 0 unspecified atom stereocenters. The molecule has 0 bridgehead atoms. The molecule has 1 N–H and O–H groups in total. The number of aryl methyl sites for hydroxylation is 1. The number of furan rings is 1. The van der Waals surface area contributed by atoms with Crippen molar-refractivity contribution in [3.63, 3.8) is 0 Å². The van der Waals surface area contributed by atoms with Crippen molar-refractivity contribution in [2.45, 2.75) is 12.8 Å². The van der Waals surface area contributed by atoms with Crippen molar-refractivity contribution in [3.8, 4) is 0 Å². The molecule has 0 saturated heterocycles. The Bertz CT molecular complexity index is 570. The summed E-state index contributed by atoms with van der Waals surface area (Å²) in [4.78, 5) is 10.6. The molecule has 2 aromatic rings. The molecule has 0 aliphatic rings. The van der Waals surface area contributed by atoms with Gasteiger partial charge < -0.3 is 9.52 Å². The Morgan fingerprint density at radius 1 is 1.17 bits per heavy atom. The van der Waals surface area contributed by atoms with Crippen LogP contribution in [0.2, 0.25) is 0 Å². The minimum absolute atomic E-state index is 0.0369. The van der Waals surface area contributed by atoms with E-state index in [1.54, 1.807) is 6.92 Å². The van der Waals surface area contributed by atoms with E-state index >= 15 is 0 Å². The Hall–Kier alpha value is -2.17. The van der Waals surface area contributed by atoms with E-state index in [1.165, 1.54) is 12.1 Å². The minimum Gasteiger partial charge on any atom is -0.478 e. The molecule has 3 nitrogen and oxygen atoms in total. The lowest BCUT2D eigenvalue weighted by molar-refractivity contribution is 0.0181. The third-order valence-corrected chi connectivity index (χ3v) is 2.54. The average Bonchev–Trinajstić information content (AvgIpc) is 2.76. The van der Waals surface area contributed by atoms with E-state index in [-0.39, 0.29) is 11.1 Å². The molecule has 0 fully saturated rings. The summed E-state index contributed by atoms with van der Waals surface area (Å²) in [6, 6.07) is 7.11. The van der Waals surface area contributed by atoms with Gasteiger partial charge in [0.05, 0.1) is 5.56 Å². The number of alkyl halides is 2. The van der Waals surface area contributed by atoms with Gasteiger partial charge in [-0.05, 0) is 31.2 Å². The highest BCUT2D eigenvalue weighted by Crippen LogP contribution is 2.36. The summed E-state index contributed by atoms with van der Waals surface area (Å²) < 4.78 is 32.9. The van der Waals surface area contributed by atoms with Crippen molar-refractivity contribution in [2.24, 2.45) is 0 Å². The van der Waals surface area contributed by atoms with Crippen LogP contribution in [0.4, 0.5) is 8.78 Å². The van der Waals surface area contributed by atoms with Crippen molar-refractivity contribution in [1.82, 2.24) is 0 Å². The molecule has 18 heavy (non-hydrogen) atoms. The van der Waals surface area contributed by atoms with Gasteiger partial charge >= 0.3 is 11.9 Å². The number of carboxylic acid groups (broad SMARTS) is 1. The average molecular weight is 252 g/mol. The quantitative estimate of drug-likeness (QED) is 0.910. The van der Waals surface area contributed by atoms with Gasteiger partial charge in [0.15, 0.2) is 5.76 Å². The first-order chi connectivity index (χ1) is 8.41. The highest BCUT2D eigenvalue weighted by atomic mass is 19.3. The molecule has 2 rings (SSSR count). The third kappa shape index (κ3) is 2.11. The van der Waals surface area contributed by atoms with Gasteiger partial charge in [0.1, 0.15) is 5.76 Å². The van der Waals surface area contributed by atoms with Crippen molar-refractivity contribution >= 4 is 5.97 Å². The second kappa shape index (κ2) is 4.25. The van der Waals surface area contributed by atoms with E-state index in [4.69, 9.17) is 9.52 Å². The Balaban J connectivity index is 2.38. The monoisotopic (exact) mass is 252 g/mol. The highest BCUT2D eigenvalue weighted by molar-refractivity contribution is 5.87. The molecule has 0 saturated carbocycles. The van der Waals surface area contributed by atoms with E-state index in [0.29, 0.717) is 5.76 Å². The summed E-state index contributed by atoms with van der Waals surface area (Å²) in [5.41, 5.74) is -0.341. The van der Waals surface area contributed by atoms with E-state index in [1.807, 2.05) is 0 Å². The molecule has 1 aromatic carbocycles. The third-order valence-electron chi connectivity index (χ3n) is 2.54. The second-order valence-corrected chi connectivity index (χ2v) is 3.87. The van der Waals surface area contributed by atoms with Crippen molar-refractivity contribution in [1.29, 1.82) is 0 Å². The summed E-state index contributed by atoms with van der Waals surface area (Å²) in [6.45, 7) is 1.58. The zero-order valence-electron chi connectivity index (χ0n) is 9.48. The highest BCUT2D eigenvalue weighted by Gasteiger charge is 2.37.